The number of anilines is 1. The number of piperidine rings is 1. The van der Waals surface area contributed by atoms with Gasteiger partial charge in [-0.05, 0) is 62.8 Å². The predicted molar refractivity (Wildman–Crippen MR) is 86.6 cm³/mol. The molecule has 2 bridgehead atoms. The Balaban J connectivity index is 1.74. The van der Waals surface area contributed by atoms with Gasteiger partial charge in [-0.15, -0.1) is 0 Å². The van der Waals surface area contributed by atoms with Crippen molar-refractivity contribution in [3.63, 3.8) is 0 Å². The third-order valence-electron chi connectivity index (χ3n) is 4.89. The molecule has 0 radical (unpaired) electrons. The average molecular weight is 293 g/mol. The summed E-state index contributed by atoms with van der Waals surface area (Å²) in [5.74, 6) is 0.920. The van der Waals surface area contributed by atoms with Crippen LogP contribution in [0.15, 0.2) is 18.2 Å². The fourth-order valence-corrected chi connectivity index (χ4v) is 4.10. The molecule has 1 aliphatic heterocycles. The second-order valence-corrected chi connectivity index (χ2v) is 6.77. The average Bonchev–Trinajstić information content (AvgIpc) is 3.07. The van der Waals surface area contributed by atoms with Crippen molar-refractivity contribution in [2.24, 2.45) is 5.92 Å². The molecule has 2 fully saturated rings. The number of rotatable bonds is 5. The van der Waals surface area contributed by atoms with E-state index in [0.29, 0.717) is 6.04 Å². The van der Waals surface area contributed by atoms with Gasteiger partial charge in [-0.25, -0.2) is 0 Å². The van der Waals surface area contributed by atoms with Crippen LogP contribution in [0.5, 0.6) is 0 Å². The van der Waals surface area contributed by atoms with Crippen LogP contribution in [0.25, 0.3) is 0 Å². The maximum Gasteiger partial charge on any atom is 0.0474 e. The minimum Gasteiger partial charge on any atom is -0.368 e. The van der Waals surface area contributed by atoms with E-state index in [2.05, 4.69) is 42.3 Å². The molecule has 0 spiro atoms. The Kier molecular flexibility index (Phi) is 4.23. The summed E-state index contributed by atoms with van der Waals surface area (Å²) in [5, 5.41) is 4.41. The first-order chi connectivity index (χ1) is 9.69. The van der Waals surface area contributed by atoms with Gasteiger partial charge in [0.05, 0.1) is 0 Å². The number of benzene rings is 1. The SMILES string of the molecule is CCCNC(C)c1ccc(N2CC3CCC2C3)cc1Cl. The lowest BCUT2D eigenvalue weighted by Crippen LogP contribution is -2.31. The van der Waals surface area contributed by atoms with Gasteiger partial charge in [0.1, 0.15) is 0 Å². The fourth-order valence-electron chi connectivity index (χ4n) is 3.76. The third-order valence-corrected chi connectivity index (χ3v) is 5.22. The molecular weight excluding hydrogens is 268 g/mol. The number of hydrogen-bond acceptors (Lipinski definition) is 2. The van der Waals surface area contributed by atoms with Crippen LogP contribution < -0.4 is 10.2 Å². The van der Waals surface area contributed by atoms with Crippen molar-refractivity contribution < 1.29 is 0 Å². The molecule has 2 aliphatic rings. The lowest BCUT2D eigenvalue weighted by molar-refractivity contribution is 0.553. The van der Waals surface area contributed by atoms with Crippen LogP contribution in [-0.4, -0.2) is 19.1 Å². The summed E-state index contributed by atoms with van der Waals surface area (Å²) in [6.07, 6.45) is 5.31. The summed E-state index contributed by atoms with van der Waals surface area (Å²) in [4.78, 5) is 2.56. The van der Waals surface area contributed by atoms with Gasteiger partial charge in [0, 0.05) is 29.3 Å². The van der Waals surface area contributed by atoms with Crippen LogP contribution in [0, 0.1) is 5.92 Å². The highest BCUT2D eigenvalue weighted by atomic mass is 35.5. The summed E-state index contributed by atoms with van der Waals surface area (Å²) >= 11 is 6.52. The summed E-state index contributed by atoms with van der Waals surface area (Å²) < 4.78 is 0. The van der Waals surface area contributed by atoms with Gasteiger partial charge in [-0.1, -0.05) is 24.6 Å². The largest absolute Gasteiger partial charge is 0.368 e. The standard InChI is InChI=1S/C17H25ClN2/c1-3-8-19-12(2)16-7-6-15(10-17(16)18)20-11-13-4-5-14(20)9-13/h6-7,10,12-14,19H,3-5,8-9,11H2,1-2H3. The number of nitrogens with zero attached hydrogens (tertiary/aromatic N) is 1. The molecule has 3 rings (SSSR count). The highest BCUT2D eigenvalue weighted by Crippen LogP contribution is 2.41. The number of halogens is 1. The Morgan fingerprint density at radius 1 is 1.40 bits per heavy atom. The molecule has 3 heteroatoms. The van der Waals surface area contributed by atoms with Gasteiger partial charge < -0.3 is 10.2 Å². The van der Waals surface area contributed by atoms with Gasteiger partial charge in [0.2, 0.25) is 0 Å². The van der Waals surface area contributed by atoms with E-state index in [9.17, 15) is 0 Å². The fraction of sp³-hybridized carbons (Fsp3) is 0.647. The van der Waals surface area contributed by atoms with E-state index >= 15 is 0 Å². The zero-order valence-corrected chi connectivity index (χ0v) is 13.3. The Morgan fingerprint density at radius 2 is 2.25 bits per heavy atom. The van der Waals surface area contributed by atoms with Crippen molar-refractivity contribution in [2.45, 2.75) is 51.6 Å². The molecule has 1 N–H and O–H groups in total. The van der Waals surface area contributed by atoms with Gasteiger partial charge in [-0.2, -0.15) is 0 Å². The molecule has 3 atom stereocenters. The Labute approximate surface area is 127 Å². The maximum atomic E-state index is 6.52. The van der Waals surface area contributed by atoms with Gasteiger partial charge in [-0.3, -0.25) is 0 Å². The van der Waals surface area contributed by atoms with Crippen LogP contribution in [0.1, 0.15) is 51.1 Å². The monoisotopic (exact) mass is 292 g/mol. The van der Waals surface area contributed by atoms with Crippen LogP contribution >= 0.6 is 11.6 Å². The summed E-state index contributed by atoms with van der Waals surface area (Å²) in [5.41, 5.74) is 2.53. The summed E-state index contributed by atoms with van der Waals surface area (Å²) in [6.45, 7) is 6.64. The lowest BCUT2D eigenvalue weighted by atomic mass is 10.1. The smallest absolute Gasteiger partial charge is 0.0474 e. The molecule has 0 aromatic heterocycles. The quantitative estimate of drug-likeness (QED) is 0.866. The van der Waals surface area contributed by atoms with Crippen LogP contribution in [0.4, 0.5) is 5.69 Å². The molecule has 3 unspecified atom stereocenters. The minimum absolute atomic E-state index is 0.325. The molecular formula is C17H25ClN2. The molecule has 1 aliphatic carbocycles. The Morgan fingerprint density at radius 3 is 2.85 bits per heavy atom. The van der Waals surface area contributed by atoms with E-state index in [4.69, 9.17) is 11.6 Å². The molecule has 1 saturated carbocycles. The molecule has 1 heterocycles. The van der Waals surface area contributed by atoms with E-state index < -0.39 is 0 Å². The molecule has 1 aromatic rings. The zero-order chi connectivity index (χ0) is 14.1. The van der Waals surface area contributed by atoms with Gasteiger partial charge in [0.15, 0.2) is 0 Å². The normalized spacial score (nSPS) is 26.2. The topological polar surface area (TPSA) is 15.3 Å². The molecule has 1 aromatic carbocycles. The second kappa shape index (κ2) is 5.95. The van der Waals surface area contributed by atoms with Crippen LogP contribution in [0.3, 0.4) is 0 Å². The first-order valence-electron chi connectivity index (χ1n) is 7.98. The van der Waals surface area contributed by atoms with Crippen molar-refractivity contribution in [3.8, 4) is 0 Å². The highest BCUT2D eigenvalue weighted by Gasteiger charge is 2.37. The van der Waals surface area contributed by atoms with Crippen LogP contribution in [-0.2, 0) is 0 Å². The molecule has 110 valence electrons. The predicted octanol–water partition coefficient (Wildman–Crippen LogP) is 4.39. The van der Waals surface area contributed by atoms with Crippen LogP contribution in [0.2, 0.25) is 5.02 Å². The van der Waals surface area contributed by atoms with Crippen molar-refractivity contribution in [1.29, 1.82) is 0 Å². The second-order valence-electron chi connectivity index (χ2n) is 6.37. The summed E-state index contributed by atoms with van der Waals surface area (Å²) in [6, 6.07) is 7.72. The first kappa shape index (κ1) is 14.2. The molecule has 2 nitrogen and oxygen atoms in total. The molecule has 20 heavy (non-hydrogen) atoms. The first-order valence-corrected chi connectivity index (χ1v) is 8.36. The van der Waals surface area contributed by atoms with E-state index in [1.54, 1.807) is 0 Å². The van der Waals surface area contributed by atoms with Crippen molar-refractivity contribution >= 4 is 17.3 Å². The number of hydrogen-bond donors (Lipinski definition) is 1. The van der Waals surface area contributed by atoms with Gasteiger partial charge in [0.25, 0.3) is 0 Å². The zero-order valence-electron chi connectivity index (χ0n) is 12.5. The van der Waals surface area contributed by atoms with Crippen molar-refractivity contribution in [2.75, 3.05) is 18.0 Å². The van der Waals surface area contributed by atoms with Crippen molar-refractivity contribution in [1.82, 2.24) is 5.32 Å². The highest BCUT2D eigenvalue weighted by molar-refractivity contribution is 6.31. The third kappa shape index (κ3) is 2.68. The van der Waals surface area contributed by atoms with Gasteiger partial charge >= 0.3 is 0 Å². The molecule has 0 amide bonds. The van der Waals surface area contributed by atoms with E-state index in [1.807, 2.05) is 0 Å². The van der Waals surface area contributed by atoms with Crippen molar-refractivity contribution in [3.05, 3.63) is 28.8 Å². The molecule has 1 saturated heterocycles. The lowest BCUT2D eigenvalue weighted by Gasteiger charge is -2.30. The van der Waals surface area contributed by atoms with E-state index in [0.717, 1.165) is 29.9 Å². The number of fused-ring (bicyclic) bond motifs is 2. The summed E-state index contributed by atoms with van der Waals surface area (Å²) in [7, 11) is 0. The van der Waals surface area contributed by atoms with E-state index in [1.165, 1.54) is 37.1 Å². The minimum atomic E-state index is 0.325. The Hall–Kier alpha value is -0.730. The van der Waals surface area contributed by atoms with E-state index in [-0.39, 0.29) is 0 Å². The maximum absolute atomic E-state index is 6.52. The number of nitrogens with one attached hydrogen (secondary N) is 1. The Bertz CT molecular complexity index is 474.